The molecule has 0 fully saturated rings. The fourth-order valence-electron chi connectivity index (χ4n) is 1.73. The molecule has 0 aliphatic rings. The lowest BCUT2D eigenvalue weighted by atomic mass is 10.2. The van der Waals surface area contributed by atoms with Gasteiger partial charge in [0.15, 0.2) is 11.5 Å². The molecule has 0 unspecified atom stereocenters. The molecule has 0 radical (unpaired) electrons. The van der Waals surface area contributed by atoms with Crippen molar-refractivity contribution in [2.45, 2.75) is 6.92 Å². The Labute approximate surface area is 102 Å². The smallest absolute Gasteiger partial charge is 0.182 e. The van der Waals surface area contributed by atoms with Gasteiger partial charge in [0.05, 0.1) is 6.33 Å². The lowest BCUT2D eigenvalue weighted by Gasteiger charge is -2.09. The molecule has 0 aliphatic heterocycles. The van der Waals surface area contributed by atoms with Crippen LogP contribution in [0.1, 0.15) is 5.56 Å². The number of fused-ring (bicyclic) bond motifs is 1. The summed E-state index contributed by atoms with van der Waals surface area (Å²) in [4.78, 5) is 15.1. The number of rotatable bonds is 2. The van der Waals surface area contributed by atoms with Crippen LogP contribution in [0.25, 0.3) is 11.2 Å². The Hall–Kier alpha value is -2.50. The Balaban J connectivity index is 2.06. The van der Waals surface area contributed by atoms with Crippen LogP contribution in [0.5, 0.6) is 0 Å². The van der Waals surface area contributed by atoms with Gasteiger partial charge in [-0.3, -0.25) is 0 Å². The predicted octanol–water partition coefficient (Wildman–Crippen LogP) is 2.54. The number of imidazole rings is 1. The van der Waals surface area contributed by atoms with Gasteiger partial charge in [0, 0.05) is 11.3 Å². The second kappa shape index (κ2) is 4.06. The summed E-state index contributed by atoms with van der Waals surface area (Å²) in [7, 11) is 0. The SMILES string of the molecule is Cc1c(F)cccc1Nc1ncnc2nc[nH]c12. The van der Waals surface area contributed by atoms with Crippen molar-refractivity contribution in [3.05, 3.63) is 42.2 Å². The van der Waals surface area contributed by atoms with Crippen molar-refractivity contribution in [3.8, 4) is 0 Å². The highest BCUT2D eigenvalue weighted by Crippen LogP contribution is 2.24. The van der Waals surface area contributed by atoms with E-state index in [1.54, 1.807) is 25.4 Å². The molecule has 0 saturated carbocycles. The van der Waals surface area contributed by atoms with Crippen LogP contribution in [0.3, 0.4) is 0 Å². The third kappa shape index (κ3) is 1.67. The van der Waals surface area contributed by atoms with Gasteiger partial charge in [-0.1, -0.05) is 6.07 Å². The van der Waals surface area contributed by atoms with Crippen LogP contribution >= 0.6 is 0 Å². The minimum Gasteiger partial charge on any atom is -0.340 e. The molecule has 2 heterocycles. The van der Waals surface area contributed by atoms with Crippen molar-refractivity contribution in [3.63, 3.8) is 0 Å². The van der Waals surface area contributed by atoms with E-state index in [1.807, 2.05) is 0 Å². The summed E-state index contributed by atoms with van der Waals surface area (Å²) in [6.07, 6.45) is 2.96. The van der Waals surface area contributed by atoms with Gasteiger partial charge in [-0.25, -0.2) is 19.3 Å². The Kier molecular flexibility index (Phi) is 2.40. The van der Waals surface area contributed by atoms with Crippen LogP contribution in [0, 0.1) is 12.7 Å². The van der Waals surface area contributed by atoms with E-state index in [-0.39, 0.29) is 5.82 Å². The largest absolute Gasteiger partial charge is 0.340 e. The first-order chi connectivity index (χ1) is 8.75. The van der Waals surface area contributed by atoms with Crippen molar-refractivity contribution < 1.29 is 4.39 Å². The van der Waals surface area contributed by atoms with Gasteiger partial charge in [-0.05, 0) is 19.1 Å². The van der Waals surface area contributed by atoms with Gasteiger partial charge in [-0.2, -0.15) is 0 Å². The summed E-state index contributed by atoms with van der Waals surface area (Å²) in [5.41, 5.74) is 2.48. The van der Waals surface area contributed by atoms with Gasteiger partial charge in [0.25, 0.3) is 0 Å². The molecule has 0 amide bonds. The summed E-state index contributed by atoms with van der Waals surface area (Å²) >= 11 is 0. The van der Waals surface area contributed by atoms with Crippen LogP contribution in [0.4, 0.5) is 15.9 Å². The molecule has 2 N–H and O–H groups in total. The molecule has 0 aliphatic carbocycles. The quantitative estimate of drug-likeness (QED) is 0.725. The van der Waals surface area contributed by atoms with Crippen molar-refractivity contribution in [2.24, 2.45) is 0 Å². The number of anilines is 2. The van der Waals surface area contributed by atoms with E-state index in [4.69, 9.17) is 0 Å². The highest BCUT2D eigenvalue weighted by Gasteiger charge is 2.08. The van der Waals surface area contributed by atoms with Crippen molar-refractivity contribution in [1.82, 2.24) is 19.9 Å². The second-order valence-corrected chi connectivity index (χ2v) is 3.86. The van der Waals surface area contributed by atoms with E-state index in [9.17, 15) is 4.39 Å². The summed E-state index contributed by atoms with van der Waals surface area (Å²) in [5, 5.41) is 3.08. The maximum absolute atomic E-state index is 13.4. The first-order valence-electron chi connectivity index (χ1n) is 5.42. The molecule has 5 nitrogen and oxygen atoms in total. The number of hydrogen-bond donors (Lipinski definition) is 2. The Bertz CT molecular complexity index is 707. The van der Waals surface area contributed by atoms with E-state index < -0.39 is 0 Å². The molecule has 3 aromatic rings. The topological polar surface area (TPSA) is 66.5 Å². The Morgan fingerprint density at radius 2 is 2.11 bits per heavy atom. The molecule has 90 valence electrons. The number of benzene rings is 1. The fraction of sp³-hybridized carbons (Fsp3) is 0.0833. The van der Waals surface area contributed by atoms with E-state index in [0.29, 0.717) is 28.2 Å². The van der Waals surface area contributed by atoms with E-state index >= 15 is 0 Å². The molecule has 0 atom stereocenters. The number of aromatic nitrogens is 4. The molecule has 2 aromatic heterocycles. The number of halogens is 1. The van der Waals surface area contributed by atoms with E-state index in [1.165, 1.54) is 12.4 Å². The highest BCUT2D eigenvalue weighted by molar-refractivity contribution is 5.84. The molecular formula is C12H10FN5. The molecule has 3 rings (SSSR count). The number of nitrogens with one attached hydrogen (secondary N) is 2. The minimum atomic E-state index is -0.255. The van der Waals surface area contributed by atoms with Gasteiger partial charge >= 0.3 is 0 Å². The fourth-order valence-corrected chi connectivity index (χ4v) is 1.73. The zero-order chi connectivity index (χ0) is 12.5. The molecule has 1 aromatic carbocycles. The van der Waals surface area contributed by atoms with Crippen molar-refractivity contribution >= 4 is 22.7 Å². The third-order valence-electron chi connectivity index (χ3n) is 2.74. The number of aromatic amines is 1. The number of hydrogen-bond acceptors (Lipinski definition) is 4. The lowest BCUT2D eigenvalue weighted by Crippen LogP contribution is -1.98. The lowest BCUT2D eigenvalue weighted by molar-refractivity contribution is 0.619. The molecule has 18 heavy (non-hydrogen) atoms. The van der Waals surface area contributed by atoms with Crippen LogP contribution in [-0.2, 0) is 0 Å². The minimum absolute atomic E-state index is 0.255. The second-order valence-electron chi connectivity index (χ2n) is 3.86. The molecule has 0 spiro atoms. The Morgan fingerprint density at radius 1 is 1.22 bits per heavy atom. The van der Waals surface area contributed by atoms with E-state index in [0.717, 1.165) is 0 Å². The monoisotopic (exact) mass is 243 g/mol. The van der Waals surface area contributed by atoms with Gasteiger partial charge < -0.3 is 10.3 Å². The van der Waals surface area contributed by atoms with Crippen LogP contribution in [0.15, 0.2) is 30.9 Å². The van der Waals surface area contributed by atoms with Crippen LogP contribution < -0.4 is 5.32 Å². The zero-order valence-electron chi connectivity index (χ0n) is 9.61. The average molecular weight is 243 g/mol. The maximum atomic E-state index is 13.4. The summed E-state index contributed by atoms with van der Waals surface area (Å²) in [6.45, 7) is 1.71. The standard InChI is InChI=1S/C12H10FN5/c1-7-8(13)3-2-4-9(7)18-12-10-11(15-5-14-10)16-6-17-12/h2-6H,1H3,(H2,14,15,16,17,18). The number of nitrogens with zero attached hydrogens (tertiary/aromatic N) is 3. The zero-order valence-corrected chi connectivity index (χ0v) is 9.61. The van der Waals surface area contributed by atoms with Crippen molar-refractivity contribution in [1.29, 1.82) is 0 Å². The first-order valence-corrected chi connectivity index (χ1v) is 5.42. The Morgan fingerprint density at radius 3 is 3.00 bits per heavy atom. The average Bonchev–Trinajstić information content (AvgIpc) is 2.84. The predicted molar refractivity (Wildman–Crippen MR) is 66.1 cm³/mol. The van der Waals surface area contributed by atoms with Gasteiger partial charge in [0.1, 0.15) is 17.7 Å². The third-order valence-corrected chi connectivity index (χ3v) is 2.74. The summed E-state index contributed by atoms with van der Waals surface area (Å²) in [5.74, 6) is 0.320. The normalized spacial score (nSPS) is 10.8. The summed E-state index contributed by atoms with van der Waals surface area (Å²) < 4.78 is 13.4. The van der Waals surface area contributed by atoms with E-state index in [2.05, 4.69) is 25.3 Å². The summed E-state index contributed by atoms with van der Waals surface area (Å²) in [6, 6.07) is 4.87. The number of H-pyrrole nitrogens is 1. The van der Waals surface area contributed by atoms with Crippen LogP contribution in [-0.4, -0.2) is 19.9 Å². The van der Waals surface area contributed by atoms with Gasteiger partial charge in [0.2, 0.25) is 0 Å². The highest BCUT2D eigenvalue weighted by atomic mass is 19.1. The van der Waals surface area contributed by atoms with Crippen LogP contribution in [0.2, 0.25) is 0 Å². The van der Waals surface area contributed by atoms with Gasteiger partial charge in [-0.15, -0.1) is 0 Å². The molecular weight excluding hydrogens is 233 g/mol. The maximum Gasteiger partial charge on any atom is 0.182 e. The first kappa shape index (κ1) is 10.6. The molecule has 6 heteroatoms. The molecule has 0 bridgehead atoms. The van der Waals surface area contributed by atoms with Crippen molar-refractivity contribution in [2.75, 3.05) is 5.32 Å². The molecule has 0 saturated heterocycles.